The SMILES string of the molecule is NC1=Nc2[nH]cnc2C(=[SH+])C1.[Hg]. The van der Waals surface area contributed by atoms with Crippen LogP contribution in [0.2, 0.25) is 0 Å². The topological polar surface area (TPSA) is 67.1 Å². The Labute approximate surface area is 95.2 Å². The molecule has 0 amide bonds. The molecule has 0 fully saturated rings. The molecule has 6 heteroatoms. The summed E-state index contributed by atoms with van der Waals surface area (Å²) in [6.07, 6.45) is 2.18. The molecule has 0 saturated heterocycles. The number of hydrogen-bond donors (Lipinski definition) is 2. The Kier molecular flexibility index (Phi) is 2.95. The first-order valence-corrected chi connectivity index (χ1v) is 3.63. The Morgan fingerprint density at radius 3 is 3.08 bits per heavy atom. The van der Waals surface area contributed by atoms with Gasteiger partial charge in [-0.3, -0.25) is 0 Å². The van der Waals surface area contributed by atoms with Crippen molar-refractivity contribution in [1.29, 1.82) is 0 Å². The molecule has 0 radical (unpaired) electrons. The summed E-state index contributed by atoms with van der Waals surface area (Å²) in [5.41, 5.74) is 6.34. The van der Waals surface area contributed by atoms with Gasteiger partial charge in [-0.1, -0.05) is 0 Å². The van der Waals surface area contributed by atoms with Gasteiger partial charge in [-0.2, -0.15) is 0 Å². The maximum absolute atomic E-state index is 5.53. The van der Waals surface area contributed by atoms with E-state index in [9.17, 15) is 0 Å². The van der Waals surface area contributed by atoms with Gasteiger partial charge in [0.25, 0.3) is 0 Å². The van der Waals surface area contributed by atoms with Gasteiger partial charge in [0.2, 0.25) is 4.86 Å². The first-order valence-electron chi connectivity index (χ1n) is 3.19. The molecule has 1 aromatic heterocycles. The largest absolute Gasteiger partial charge is 0.387 e. The predicted octanol–water partition coefficient (Wildman–Crippen LogP) is -0.401. The smallest absolute Gasteiger partial charge is 0.235 e. The number of thiol groups is 1. The number of nitrogens with zero attached hydrogens (tertiary/aromatic N) is 2. The number of imidazole rings is 1. The Morgan fingerprint density at radius 1 is 1.58 bits per heavy atom. The molecule has 0 aliphatic carbocycles. The number of nitrogens with one attached hydrogen (secondary N) is 1. The maximum Gasteiger partial charge on any atom is 0.235 e. The predicted molar refractivity (Wildman–Crippen MR) is 47.4 cm³/mol. The zero-order valence-electron chi connectivity index (χ0n) is 6.41. The van der Waals surface area contributed by atoms with E-state index in [-0.39, 0.29) is 27.7 Å². The van der Waals surface area contributed by atoms with Crippen LogP contribution in [-0.4, -0.2) is 20.7 Å². The number of nitrogens with two attached hydrogens (primary N) is 1. The Morgan fingerprint density at radius 2 is 2.33 bits per heavy atom. The van der Waals surface area contributed by atoms with Crippen molar-refractivity contribution in [3.63, 3.8) is 0 Å². The zero-order chi connectivity index (χ0) is 7.84. The third-order valence-corrected chi connectivity index (χ3v) is 1.87. The molecule has 2 rings (SSSR count). The third-order valence-electron chi connectivity index (χ3n) is 1.50. The van der Waals surface area contributed by atoms with E-state index >= 15 is 0 Å². The van der Waals surface area contributed by atoms with E-state index in [1.807, 2.05) is 0 Å². The van der Waals surface area contributed by atoms with E-state index in [1.54, 1.807) is 6.33 Å². The number of fused-ring (bicyclic) bond motifs is 1. The standard InChI is InChI=1S/C6H6N4S.Hg/c7-4-1-3(11)5-6(10-4)9-2-8-5;/h2H,1H2,(H2,7,10)(H,8,9);/p+1. The van der Waals surface area contributed by atoms with Crippen LogP contribution in [0, 0.1) is 0 Å². The van der Waals surface area contributed by atoms with Gasteiger partial charge >= 0.3 is 0 Å². The number of hydrogen-bond acceptors (Lipinski definition) is 3. The summed E-state index contributed by atoms with van der Waals surface area (Å²) in [5, 5.41) is 0. The molecule has 4 nitrogen and oxygen atoms in total. The number of aromatic nitrogens is 2. The molecule has 0 spiro atoms. The molecular formula is C6H7HgN4S+. The van der Waals surface area contributed by atoms with Crippen LogP contribution in [0.5, 0.6) is 0 Å². The van der Waals surface area contributed by atoms with Crippen LogP contribution in [0.25, 0.3) is 0 Å². The van der Waals surface area contributed by atoms with Crippen LogP contribution in [0.4, 0.5) is 5.82 Å². The van der Waals surface area contributed by atoms with Crippen molar-refractivity contribution in [1.82, 2.24) is 9.97 Å². The van der Waals surface area contributed by atoms with Gasteiger partial charge in [0.15, 0.2) is 23.7 Å². The van der Waals surface area contributed by atoms with E-state index in [1.165, 1.54) is 0 Å². The molecule has 0 bridgehead atoms. The quantitative estimate of drug-likeness (QED) is 0.283. The van der Waals surface area contributed by atoms with E-state index in [2.05, 4.69) is 27.2 Å². The van der Waals surface area contributed by atoms with Gasteiger partial charge in [0.05, 0.1) is 12.7 Å². The molecule has 2 heterocycles. The minimum Gasteiger partial charge on any atom is -0.387 e. The molecule has 0 unspecified atom stereocenters. The second-order valence-electron chi connectivity index (χ2n) is 2.33. The summed E-state index contributed by atoms with van der Waals surface area (Å²) < 4.78 is 0. The first kappa shape index (κ1) is 9.79. The van der Waals surface area contributed by atoms with Crippen molar-refractivity contribution in [2.45, 2.75) is 6.42 Å². The zero-order valence-corrected chi connectivity index (χ0v) is 12.8. The van der Waals surface area contributed by atoms with Crippen molar-refractivity contribution in [2.75, 3.05) is 0 Å². The Balaban J connectivity index is 0.000000720. The fourth-order valence-corrected chi connectivity index (χ4v) is 1.35. The molecule has 1 aliphatic heterocycles. The third kappa shape index (κ3) is 1.56. The number of aromatic amines is 1. The van der Waals surface area contributed by atoms with Crippen LogP contribution in [0.15, 0.2) is 11.3 Å². The maximum atomic E-state index is 5.53. The van der Waals surface area contributed by atoms with Gasteiger partial charge in [-0.05, 0) is 0 Å². The van der Waals surface area contributed by atoms with Gasteiger partial charge in [0, 0.05) is 27.7 Å². The molecule has 0 saturated carbocycles. The van der Waals surface area contributed by atoms with E-state index in [0.29, 0.717) is 18.1 Å². The number of amidine groups is 1. The Bertz CT molecular complexity index is 343. The van der Waals surface area contributed by atoms with Gasteiger partial charge in [-0.15, -0.1) is 0 Å². The number of aliphatic imine (C=N–C) groups is 1. The van der Waals surface area contributed by atoms with Crippen LogP contribution in [0.1, 0.15) is 12.1 Å². The minimum atomic E-state index is 0. The fourth-order valence-electron chi connectivity index (χ4n) is 1.02. The van der Waals surface area contributed by atoms with Crippen molar-refractivity contribution in [2.24, 2.45) is 10.7 Å². The number of rotatable bonds is 0. The normalized spacial score (nSPS) is 14.7. The van der Waals surface area contributed by atoms with Crippen molar-refractivity contribution < 1.29 is 27.7 Å². The summed E-state index contributed by atoms with van der Waals surface area (Å²) in [7, 11) is 0. The summed E-state index contributed by atoms with van der Waals surface area (Å²) in [6.45, 7) is 0. The van der Waals surface area contributed by atoms with Gasteiger partial charge in [-0.25, -0.2) is 9.98 Å². The van der Waals surface area contributed by atoms with Crippen LogP contribution in [-0.2, 0) is 39.9 Å². The molecule has 12 heavy (non-hydrogen) atoms. The van der Waals surface area contributed by atoms with E-state index in [4.69, 9.17) is 5.73 Å². The first-order chi connectivity index (χ1) is 5.27. The molecular weight excluding hydrogens is 361 g/mol. The van der Waals surface area contributed by atoms with Gasteiger partial charge < -0.3 is 10.7 Å². The minimum absolute atomic E-state index is 0. The molecule has 0 aromatic carbocycles. The average molecular weight is 368 g/mol. The van der Waals surface area contributed by atoms with Crippen LogP contribution >= 0.6 is 0 Å². The summed E-state index contributed by atoms with van der Waals surface area (Å²) in [4.78, 5) is 11.8. The molecule has 1 aliphatic rings. The second-order valence-corrected chi connectivity index (χ2v) is 2.87. The number of H-pyrrole nitrogens is 1. The molecule has 3 N–H and O–H groups in total. The second kappa shape index (κ2) is 3.61. The van der Waals surface area contributed by atoms with Gasteiger partial charge in [0.1, 0.15) is 5.84 Å². The molecule has 58 valence electrons. The average Bonchev–Trinajstić information content (AvgIpc) is 2.34. The van der Waals surface area contributed by atoms with E-state index < -0.39 is 0 Å². The monoisotopic (exact) mass is 369 g/mol. The van der Waals surface area contributed by atoms with Crippen LogP contribution in [0.3, 0.4) is 0 Å². The van der Waals surface area contributed by atoms with Crippen molar-refractivity contribution in [3.8, 4) is 0 Å². The van der Waals surface area contributed by atoms with Crippen molar-refractivity contribution in [3.05, 3.63) is 12.0 Å². The summed E-state index contributed by atoms with van der Waals surface area (Å²) in [5.74, 6) is 1.28. The summed E-state index contributed by atoms with van der Waals surface area (Å²) >= 11 is 4.24. The molecule has 1 aromatic rings. The Hall–Kier alpha value is -0.295. The fraction of sp³-hybridized carbons (Fsp3) is 0.167. The van der Waals surface area contributed by atoms with Crippen molar-refractivity contribution >= 4 is 28.7 Å². The van der Waals surface area contributed by atoms with E-state index in [0.717, 1.165) is 10.6 Å². The molecule has 0 atom stereocenters. The summed E-state index contributed by atoms with van der Waals surface area (Å²) in [6, 6.07) is 0. The van der Waals surface area contributed by atoms with Crippen LogP contribution < -0.4 is 5.73 Å².